The van der Waals surface area contributed by atoms with E-state index in [0.717, 1.165) is 31.0 Å². The molecule has 0 saturated carbocycles. The highest BCUT2D eigenvalue weighted by Gasteiger charge is 2.23. The van der Waals surface area contributed by atoms with Gasteiger partial charge in [0.1, 0.15) is 5.69 Å². The van der Waals surface area contributed by atoms with Crippen LogP contribution in [-0.2, 0) is 14.6 Å². The van der Waals surface area contributed by atoms with E-state index in [1.807, 2.05) is 30.3 Å². The third-order valence-corrected chi connectivity index (χ3v) is 5.78. The summed E-state index contributed by atoms with van der Waals surface area (Å²) in [4.78, 5) is 13.2. The minimum atomic E-state index is -3.53. The van der Waals surface area contributed by atoms with E-state index in [0.29, 0.717) is 25.4 Å². The van der Waals surface area contributed by atoms with Gasteiger partial charge in [0.2, 0.25) is 0 Å². The van der Waals surface area contributed by atoms with Gasteiger partial charge in [-0.3, -0.25) is 15.0 Å². The second kappa shape index (κ2) is 8.68. The normalized spacial score (nSPS) is 16.5. The Morgan fingerprint density at radius 3 is 2.46 bits per heavy atom. The van der Waals surface area contributed by atoms with Crippen molar-refractivity contribution < 1.29 is 18.1 Å². The van der Waals surface area contributed by atoms with E-state index in [4.69, 9.17) is 4.74 Å². The predicted molar refractivity (Wildman–Crippen MR) is 106 cm³/mol. The Hall–Kier alpha value is -2.49. The highest BCUT2D eigenvalue weighted by Crippen LogP contribution is 2.31. The molecule has 0 spiro atoms. The second-order valence-electron chi connectivity index (χ2n) is 6.73. The first-order valence-corrected chi connectivity index (χ1v) is 10.8. The zero-order valence-corrected chi connectivity index (χ0v) is 16.4. The van der Waals surface area contributed by atoms with E-state index in [1.165, 1.54) is 12.1 Å². The highest BCUT2D eigenvalue weighted by atomic mass is 32.2. The maximum absolute atomic E-state index is 11.8. The van der Waals surface area contributed by atoms with Gasteiger partial charge in [0.05, 0.1) is 29.1 Å². The summed E-state index contributed by atoms with van der Waals surface area (Å²) < 4.78 is 28.9. The van der Waals surface area contributed by atoms with Gasteiger partial charge in [-0.1, -0.05) is 30.3 Å². The largest absolute Gasteiger partial charge is 0.379 e. The predicted octanol–water partition coefficient (Wildman–Crippen LogP) is 2.48. The summed E-state index contributed by atoms with van der Waals surface area (Å²) in [6.45, 7) is 3.55. The van der Waals surface area contributed by atoms with Crippen LogP contribution in [0.15, 0.2) is 53.4 Å². The Balaban J connectivity index is 1.92. The van der Waals surface area contributed by atoms with Gasteiger partial charge in [-0.25, -0.2) is 8.42 Å². The minimum Gasteiger partial charge on any atom is -0.379 e. The molecular formula is C19H23N3O5S. The standard InChI is InChI=1S/C19H23N3O5S/c1-28(25,26)16-7-8-17(19(13-16)22(23)24)20-18(15-5-3-2-4-6-15)14-21-9-11-27-12-10-21/h2-8,13,18,20H,9-12,14H2,1H3/t18-/m0/s1. The molecule has 1 fully saturated rings. The van der Waals surface area contributed by atoms with Crippen molar-refractivity contribution in [3.8, 4) is 0 Å². The average molecular weight is 405 g/mol. The molecule has 8 nitrogen and oxygen atoms in total. The molecule has 1 atom stereocenters. The van der Waals surface area contributed by atoms with Gasteiger partial charge >= 0.3 is 0 Å². The Labute approximate surface area is 164 Å². The number of morpholine rings is 1. The van der Waals surface area contributed by atoms with Crippen LogP contribution in [0.3, 0.4) is 0 Å². The molecule has 1 N–H and O–H groups in total. The van der Waals surface area contributed by atoms with Gasteiger partial charge in [-0.15, -0.1) is 0 Å². The SMILES string of the molecule is CS(=O)(=O)c1ccc(N[C@@H](CN2CCOCC2)c2ccccc2)c([N+](=O)[O-])c1. The topological polar surface area (TPSA) is 102 Å². The molecular weight excluding hydrogens is 382 g/mol. The lowest BCUT2D eigenvalue weighted by atomic mass is 10.1. The van der Waals surface area contributed by atoms with Crippen LogP contribution in [0.25, 0.3) is 0 Å². The molecule has 0 unspecified atom stereocenters. The lowest BCUT2D eigenvalue weighted by Crippen LogP contribution is -2.40. The Morgan fingerprint density at radius 1 is 1.18 bits per heavy atom. The minimum absolute atomic E-state index is 0.0748. The molecule has 0 bridgehead atoms. The first-order chi connectivity index (χ1) is 13.3. The number of nitro benzene ring substituents is 1. The molecule has 28 heavy (non-hydrogen) atoms. The van der Waals surface area contributed by atoms with Gasteiger partial charge in [0, 0.05) is 32.0 Å². The summed E-state index contributed by atoms with van der Waals surface area (Å²) >= 11 is 0. The molecule has 9 heteroatoms. The fourth-order valence-electron chi connectivity index (χ4n) is 3.16. The van der Waals surface area contributed by atoms with Crippen LogP contribution in [-0.4, -0.2) is 57.3 Å². The third kappa shape index (κ3) is 5.06. The zero-order chi connectivity index (χ0) is 20.1. The fraction of sp³-hybridized carbons (Fsp3) is 0.368. The Morgan fingerprint density at radius 2 is 1.86 bits per heavy atom. The lowest BCUT2D eigenvalue weighted by molar-refractivity contribution is -0.384. The van der Waals surface area contributed by atoms with Crippen LogP contribution in [0.2, 0.25) is 0 Å². The summed E-state index contributed by atoms with van der Waals surface area (Å²) in [7, 11) is -3.53. The van der Waals surface area contributed by atoms with Gasteiger partial charge in [0.25, 0.3) is 5.69 Å². The van der Waals surface area contributed by atoms with Crippen LogP contribution in [0.1, 0.15) is 11.6 Å². The van der Waals surface area contributed by atoms with Gasteiger partial charge in [0.15, 0.2) is 9.84 Å². The monoisotopic (exact) mass is 405 g/mol. The van der Waals surface area contributed by atoms with Crippen LogP contribution >= 0.6 is 0 Å². The average Bonchev–Trinajstić information content (AvgIpc) is 2.68. The van der Waals surface area contributed by atoms with Crippen LogP contribution in [0, 0.1) is 10.1 Å². The summed E-state index contributed by atoms with van der Waals surface area (Å²) in [5, 5.41) is 14.8. The molecule has 1 heterocycles. The number of sulfone groups is 1. The molecule has 0 radical (unpaired) electrons. The van der Waals surface area contributed by atoms with Crippen LogP contribution < -0.4 is 5.32 Å². The number of hydrogen-bond donors (Lipinski definition) is 1. The van der Waals surface area contributed by atoms with Crippen molar-refractivity contribution in [3.63, 3.8) is 0 Å². The van der Waals surface area contributed by atoms with Crippen LogP contribution in [0.5, 0.6) is 0 Å². The van der Waals surface area contributed by atoms with E-state index in [2.05, 4.69) is 10.2 Å². The number of nitro groups is 1. The van der Waals surface area contributed by atoms with Gasteiger partial charge in [-0.05, 0) is 17.7 Å². The maximum Gasteiger partial charge on any atom is 0.293 e. The van der Waals surface area contributed by atoms with Crippen molar-refractivity contribution >= 4 is 21.2 Å². The zero-order valence-electron chi connectivity index (χ0n) is 15.6. The number of rotatable bonds is 7. The van der Waals surface area contributed by atoms with Crippen molar-refractivity contribution in [3.05, 3.63) is 64.2 Å². The molecule has 1 aliphatic heterocycles. The lowest BCUT2D eigenvalue weighted by Gasteiger charge is -2.31. The molecule has 0 amide bonds. The fourth-order valence-corrected chi connectivity index (χ4v) is 3.81. The van der Waals surface area contributed by atoms with E-state index >= 15 is 0 Å². The molecule has 3 rings (SSSR count). The van der Waals surface area contributed by atoms with E-state index < -0.39 is 14.8 Å². The van der Waals surface area contributed by atoms with Crippen molar-refractivity contribution in [2.24, 2.45) is 0 Å². The summed E-state index contributed by atoms with van der Waals surface area (Å²) in [6.07, 6.45) is 1.03. The molecule has 0 aliphatic carbocycles. The summed E-state index contributed by atoms with van der Waals surface area (Å²) in [5.41, 5.74) is 1.03. The number of nitrogens with one attached hydrogen (secondary N) is 1. The Bertz CT molecular complexity index is 928. The maximum atomic E-state index is 11.8. The van der Waals surface area contributed by atoms with Gasteiger partial charge < -0.3 is 10.1 Å². The van der Waals surface area contributed by atoms with Crippen molar-refractivity contribution in [2.75, 3.05) is 44.4 Å². The first-order valence-electron chi connectivity index (χ1n) is 8.94. The van der Waals surface area contributed by atoms with Crippen molar-refractivity contribution in [1.82, 2.24) is 4.90 Å². The molecule has 2 aromatic carbocycles. The van der Waals surface area contributed by atoms with E-state index in [1.54, 1.807) is 0 Å². The number of hydrogen-bond acceptors (Lipinski definition) is 7. The summed E-state index contributed by atoms with van der Waals surface area (Å²) in [6, 6.07) is 13.5. The quantitative estimate of drug-likeness (QED) is 0.558. The first kappa shape index (κ1) is 20.2. The van der Waals surface area contributed by atoms with Crippen molar-refractivity contribution in [1.29, 1.82) is 0 Å². The number of anilines is 1. The number of nitrogens with zero attached hydrogens (tertiary/aromatic N) is 2. The molecule has 150 valence electrons. The molecule has 1 aliphatic rings. The Kier molecular flexibility index (Phi) is 6.28. The smallest absolute Gasteiger partial charge is 0.293 e. The number of ether oxygens (including phenoxy) is 1. The molecule has 1 saturated heterocycles. The third-order valence-electron chi connectivity index (χ3n) is 4.67. The van der Waals surface area contributed by atoms with Crippen molar-refractivity contribution in [2.45, 2.75) is 10.9 Å². The molecule has 2 aromatic rings. The molecule has 0 aromatic heterocycles. The number of benzene rings is 2. The van der Waals surface area contributed by atoms with Gasteiger partial charge in [-0.2, -0.15) is 0 Å². The summed E-state index contributed by atoms with van der Waals surface area (Å²) in [5.74, 6) is 0. The van der Waals surface area contributed by atoms with E-state index in [-0.39, 0.29) is 16.6 Å². The van der Waals surface area contributed by atoms with Crippen LogP contribution in [0.4, 0.5) is 11.4 Å². The highest BCUT2D eigenvalue weighted by molar-refractivity contribution is 7.90. The van der Waals surface area contributed by atoms with E-state index in [9.17, 15) is 18.5 Å². The second-order valence-corrected chi connectivity index (χ2v) is 8.74.